The Balaban J connectivity index is 1.72. The normalized spacial score (nSPS) is 10.1. The van der Waals surface area contributed by atoms with E-state index in [1.807, 2.05) is 6.92 Å². The molecule has 0 spiro atoms. The summed E-state index contributed by atoms with van der Waals surface area (Å²) < 4.78 is 5.23. The van der Waals surface area contributed by atoms with Gasteiger partial charge in [0.05, 0.1) is 18.6 Å². The molecule has 2 rings (SSSR count). The van der Waals surface area contributed by atoms with Crippen molar-refractivity contribution >= 4 is 52.3 Å². The molecule has 5 nitrogen and oxygen atoms in total. The Bertz CT molecular complexity index is 770. The van der Waals surface area contributed by atoms with Gasteiger partial charge in [0.2, 0.25) is 5.91 Å². The van der Waals surface area contributed by atoms with Crippen molar-refractivity contribution in [1.82, 2.24) is 10.9 Å². The average Bonchev–Trinajstić information content (AvgIpc) is 2.62. The van der Waals surface area contributed by atoms with Gasteiger partial charge in [-0.1, -0.05) is 41.4 Å². The van der Waals surface area contributed by atoms with Gasteiger partial charge < -0.3 is 10.1 Å². The molecule has 3 N–H and O–H groups in total. The number of benzene rings is 2. The predicted molar refractivity (Wildman–Crippen MR) is 113 cm³/mol. The van der Waals surface area contributed by atoms with Crippen molar-refractivity contribution in [1.29, 1.82) is 0 Å². The van der Waals surface area contributed by atoms with Crippen LogP contribution in [-0.2, 0) is 10.5 Å². The Hall–Kier alpha value is -1.96. The summed E-state index contributed by atoms with van der Waals surface area (Å²) in [5, 5.41) is 3.72. The number of thiocarbonyl (C=S) groups is 1. The highest BCUT2D eigenvalue weighted by Crippen LogP contribution is 2.27. The molecular formula is C18H20ClN3O2S2. The first kappa shape index (κ1) is 20.4. The van der Waals surface area contributed by atoms with E-state index in [1.54, 1.807) is 25.3 Å². The van der Waals surface area contributed by atoms with Gasteiger partial charge in [0, 0.05) is 10.8 Å². The van der Waals surface area contributed by atoms with E-state index in [0.717, 1.165) is 5.75 Å². The summed E-state index contributed by atoms with van der Waals surface area (Å²) in [5.41, 5.74) is 8.25. The number of carbonyl (C=O) groups is 1. The van der Waals surface area contributed by atoms with E-state index in [-0.39, 0.29) is 11.0 Å². The smallest absolute Gasteiger partial charge is 0.248 e. The maximum Gasteiger partial charge on any atom is 0.248 e. The van der Waals surface area contributed by atoms with Crippen molar-refractivity contribution in [3.05, 3.63) is 58.6 Å². The zero-order valence-electron chi connectivity index (χ0n) is 14.5. The number of aryl methyl sites for hydroxylation is 1. The van der Waals surface area contributed by atoms with E-state index in [1.165, 1.54) is 22.9 Å². The number of hydrogen-bond donors (Lipinski definition) is 3. The summed E-state index contributed by atoms with van der Waals surface area (Å²) in [6, 6.07) is 13.4. The molecule has 0 unspecified atom stereocenters. The predicted octanol–water partition coefficient (Wildman–Crippen LogP) is 3.91. The van der Waals surface area contributed by atoms with E-state index in [2.05, 4.69) is 40.4 Å². The highest BCUT2D eigenvalue weighted by Gasteiger charge is 2.07. The van der Waals surface area contributed by atoms with Crippen LogP contribution in [0.3, 0.4) is 0 Å². The third-order valence-corrected chi connectivity index (χ3v) is 4.79. The Morgan fingerprint density at radius 1 is 1.19 bits per heavy atom. The van der Waals surface area contributed by atoms with Crippen molar-refractivity contribution in [3.63, 3.8) is 0 Å². The molecule has 2 aromatic rings. The van der Waals surface area contributed by atoms with Crippen molar-refractivity contribution in [2.24, 2.45) is 0 Å². The van der Waals surface area contributed by atoms with Crippen LogP contribution in [0.5, 0.6) is 5.75 Å². The monoisotopic (exact) mass is 409 g/mol. The fraction of sp³-hybridized carbons (Fsp3) is 0.222. The molecule has 0 aliphatic rings. The fourth-order valence-electron chi connectivity index (χ4n) is 2.04. The molecule has 0 fully saturated rings. The number of hydrazine groups is 1. The minimum Gasteiger partial charge on any atom is -0.495 e. The SMILES string of the molecule is COc1ccc(Cl)cc1NC(=S)NNC(=O)CSCc1ccc(C)cc1. The molecule has 0 bridgehead atoms. The third-order valence-electron chi connectivity index (χ3n) is 3.35. The van der Waals surface area contributed by atoms with E-state index in [0.29, 0.717) is 22.2 Å². The highest BCUT2D eigenvalue weighted by atomic mass is 35.5. The second kappa shape index (κ2) is 10.3. The van der Waals surface area contributed by atoms with Crippen LogP contribution < -0.4 is 20.9 Å². The summed E-state index contributed by atoms with van der Waals surface area (Å²) in [5.74, 6) is 1.53. The summed E-state index contributed by atoms with van der Waals surface area (Å²) in [4.78, 5) is 11.9. The first-order valence-electron chi connectivity index (χ1n) is 7.80. The minimum atomic E-state index is -0.163. The first-order chi connectivity index (χ1) is 12.5. The molecule has 1 amide bonds. The van der Waals surface area contributed by atoms with Crippen LogP contribution in [0.4, 0.5) is 5.69 Å². The number of anilines is 1. The molecule has 0 aliphatic carbocycles. The molecule has 0 saturated heterocycles. The molecule has 8 heteroatoms. The average molecular weight is 410 g/mol. The number of carbonyl (C=O) groups excluding carboxylic acids is 1. The number of thioether (sulfide) groups is 1. The number of halogens is 1. The van der Waals surface area contributed by atoms with Gasteiger partial charge in [-0.25, -0.2) is 0 Å². The van der Waals surface area contributed by atoms with Gasteiger partial charge in [-0.3, -0.25) is 15.6 Å². The Kier molecular flexibility index (Phi) is 8.03. The van der Waals surface area contributed by atoms with E-state index < -0.39 is 0 Å². The minimum absolute atomic E-state index is 0.163. The summed E-state index contributed by atoms with van der Waals surface area (Å²) >= 11 is 12.7. The lowest BCUT2D eigenvalue weighted by Gasteiger charge is -2.14. The van der Waals surface area contributed by atoms with Gasteiger partial charge in [-0.05, 0) is 42.9 Å². The van der Waals surface area contributed by atoms with Crippen LogP contribution in [0.1, 0.15) is 11.1 Å². The zero-order valence-corrected chi connectivity index (χ0v) is 16.9. The second-order valence-corrected chi connectivity index (χ2v) is 7.28. The number of nitrogens with one attached hydrogen (secondary N) is 3. The van der Waals surface area contributed by atoms with Crippen molar-refractivity contribution in [2.45, 2.75) is 12.7 Å². The zero-order chi connectivity index (χ0) is 18.9. The summed E-state index contributed by atoms with van der Waals surface area (Å²) in [6.45, 7) is 2.05. The highest BCUT2D eigenvalue weighted by molar-refractivity contribution is 7.99. The Labute approximate surface area is 167 Å². The molecular weight excluding hydrogens is 390 g/mol. The molecule has 26 heavy (non-hydrogen) atoms. The van der Waals surface area contributed by atoms with Gasteiger partial charge in [0.1, 0.15) is 5.75 Å². The van der Waals surface area contributed by atoms with E-state index in [4.69, 9.17) is 28.6 Å². The van der Waals surface area contributed by atoms with Gasteiger partial charge in [0.15, 0.2) is 5.11 Å². The Morgan fingerprint density at radius 2 is 1.92 bits per heavy atom. The fourth-order valence-corrected chi connectivity index (χ4v) is 3.16. The van der Waals surface area contributed by atoms with Gasteiger partial charge in [-0.2, -0.15) is 0 Å². The number of methoxy groups -OCH3 is 1. The van der Waals surface area contributed by atoms with E-state index >= 15 is 0 Å². The van der Waals surface area contributed by atoms with Crippen LogP contribution in [-0.4, -0.2) is 23.9 Å². The summed E-state index contributed by atoms with van der Waals surface area (Å²) in [7, 11) is 1.55. The molecule has 138 valence electrons. The number of ether oxygens (including phenoxy) is 1. The van der Waals surface area contributed by atoms with Gasteiger partial charge >= 0.3 is 0 Å². The molecule has 0 aromatic heterocycles. The van der Waals surface area contributed by atoms with Crippen LogP contribution >= 0.6 is 35.6 Å². The lowest BCUT2D eigenvalue weighted by atomic mass is 10.2. The van der Waals surface area contributed by atoms with Crippen LogP contribution in [0.25, 0.3) is 0 Å². The molecule has 0 radical (unpaired) electrons. The lowest BCUT2D eigenvalue weighted by molar-refractivity contribution is -0.119. The molecule has 2 aromatic carbocycles. The topological polar surface area (TPSA) is 62.4 Å². The first-order valence-corrected chi connectivity index (χ1v) is 9.74. The van der Waals surface area contributed by atoms with Crippen molar-refractivity contribution < 1.29 is 9.53 Å². The van der Waals surface area contributed by atoms with Crippen LogP contribution in [0.2, 0.25) is 5.02 Å². The van der Waals surface area contributed by atoms with Crippen molar-refractivity contribution in [3.8, 4) is 5.75 Å². The number of amides is 1. The van der Waals surface area contributed by atoms with Gasteiger partial charge in [-0.15, -0.1) is 11.8 Å². The summed E-state index contributed by atoms with van der Waals surface area (Å²) in [6.07, 6.45) is 0. The maximum absolute atomic E-state index is 11.9. The molecule has 0 atom stereocenters. The lowest BCUT2D eigenvalue weighted by Crippen LogP contribution is -2.44. The van der Waals surface area contributed by atoms with Crippen LogP contribution in [0, 0.1) is 6.92 Å². The van der Waals surface area contributed by atoms with Crippen LogP contribution in [0.15, 0.2) is 42.5 Å². The molecule has 0 aliphatic heterocycles. The largest absolute Gasteiger partial charge is 0.495 e. The van der Waals surface area contributed by atoms with Crippen molar-refractivity contribution in [2.75, 3.05) is 18.2 Å². The molecule has 0 heterocycles. The number of rotatable bonds is 6. The van der Waals surface area contributed by atoms with E-state index in [9.17, 15) is 4.79 Å². The standard InChI is InChI=1S/C18H20ClN3O2S2/c1-12-3-5-13(6-4-12)10-26-11-17(23)21-22-18(25)20-15-9-14(19)7-8-16(15)24-2/h3-9H,10-11H2,1-2H3,(H,21,23)(H2,20,22,25). The second-order valence-electron chi connectivity index (χ2n) is 5.45. The van der Waals surface area contributed by atoms with Gasteiger partial charge in [0.25, 0.3) is 0 Å². The Morgan fingerprint density at radius 3 is 2.62 bits per heavy atom. The maximum atomic E-state index is 11.9. The number of hydrogen-bond acceptors (Lipinski definition) is 4. The molecule has 0 saturated carbocycles. The quantitative estimate of drug-likeness (QED) is 0.496. The third kappa shape index (κ3) is 6.74.